The van der Waals surface area contributed by atoms with E-state index in [-0.39, 0.29) is 16.5 Å². The quantitative estimate of drug-likeness (QED) is 0.813. The maximum absolute atomic E-state index is 12.9. The molecule has 0 unspecified atom stereocenters. The van der Waals surface area contributed by atoms with Gasteiger partial charge in [-0.1, -0.05) is 0 Å². The van der Waals surface area contributed by atoms with Crippen LogP contribution in [0.2, 0.25) is 0 Å². The lowest BCUT2D eigenvalue weighted by Crippen LogP contribution is -2.32. The molecule has 0 bridgehead atoms. The standard InChI is InChI=1S/C12H17FN2O3S/c13-10-1-2-12(11(14)7-10)19(16,17)15-8-9-3-5-18-6-4-9/h1-2,7,9,15H,3-6,8,14H2. The lowest BCUT2D eigenvalue weighted by molar-refractivity contribution is 0.0678. The van der Waals surface area contributed by atoms with Gasteiger partial charge in [0.25, 0.3) is 0 Å². The predicted octanol–water partition coefficient (Wildman–Crippen LogP) is 1.11. The number of benzene rings is 1. The number of nitrogens with two attached hydrogens (primary N) is 1. The first-order chi connectivity index (χ1) is 8.99. The van der Waals surface area contributed by atoms with Gasteiger partial charge in [-0.05, 0) is 37.0 Å². The zero-order valence-corrected chi connectivity index (χ0v) is 11.2. The van der Waals surface area contributed by atoms with Gasteiger partial charge in [0.05, 0.1) is 5.69 Å². The smallest absolute Gasteiger partial charge is 0.242 e. The highest BCUT2D eigenvalue weighted by atomic mass is 32.2. The molecule has 3 N–H and O–H groups in total. The van der Waals surface area contributed by atoms with Crippen LogP contribution in [-0.4, -0.2) is 28.2 Å². The van der Waals surface area contributed by atoms with Crippen molar-refractivity contribution in [3.05, 3.63) is 24.0 Å². The van der Waals surface area contributed by atoms with E-state index in [9.17, 15) is 12.8 Å². The van der Waals surface area contributed by atoms with E-state index in [4.69, 9.17) is 10.5 Å². The molecule has 1 saturated heterocycles. The zero-order valence-electron chi connectivity index (χ0n) is 10.4. The molecule has 0 spiro atoms. The van der Waals surface area contributed by atoms with Gasteiger partial charge in [-0.25, -0.2) is 17.5 Å². The first-order valence-corrected chi connectivity index (χ1v) is 7.60. The van der Waals surface area contributed by atoms with Crippen molar-refractivity contribution >= 4 is 15.7 Å². The third-order valence-corrected chi connectivity index (χ3v) is 4.66. The Kier molecular flexibility index (Phi) is 4.38. The average Bonchev–Trinajstić information content (AvgIpc) is 2.37. The van der Waals surface area contributed by atoms with Crippen molar-refractivity contribution in [3.8, 4) is 0 Å². The lowest BCUT2D eigenvalue weighted by Gasteiger charge is -2.22. The molecule has 106 valence electrons. The number of halogens is 1. The first kappa shape index (κ1) is 14.2. The molecule has 1 aromatic carbocycles. The molecule has 1 aromatic rings. The molecule has 0 amide bonds. The van der Waals surface area contributed by atoms with Crippen LogP contribution in [0.1, 0.15) is 12.8 Å². The summed E-state index contributed by atoms with van der Waals surface area (Å²) in [5.74, 6) is -0.286. The molecule has 1 aliphatic heterocycles. The molecule has 1 fully saturated rings. The van der Waals surface area contributed by atoms with Crippen LogP contribution in [0.5, 0.6) is 0 Å². The summed E-state index contributed by atoms with van der Waals surface area (Å²) in [6.45, 7) is 1.67. The van der Waals surface area contributed by atoms with Crippen LogP contribution in [-0.2, 0) is 14.8 Å². The van der Waals surface area contributed by atoms with E-state index in [2.05, 4.69) is 4.72 Å². The van der Waals surface area contributed by atoms with E-state index in [0.29, 0.717) is 19.8 Å². The average molecular weight is 288 g/mol. The number of ether oxygens (including phenoxy) is 1. The van der Waals surface area contributed by atoms with Gasteiger partial charge in [0, 0.05) is 19.8 Å². The third-order valence-electron chi connectivity index (χ3n) is 3.16. The Labute approximate surface area is 112 Å². The van der Waals surface area contributed by atoms with Crippen molar-refractivity contribution in [2.45, 2.75) is 17.7 Å². The number of hydrogen-bond donors (Lipinski definition) is 2. The highest BCUT2D eigenvalue weighted by Crippen LogP contribution is 2.20. The number of hydrogen-bond acceptors (Lipinski definition) is 4. The lowest BCUT2D eigenvalue weighted by atomic mass is 10.0. The van der Waals surface area contributed by atoms with Crippen LogP contribution in [0.3, 0.4) is 0 Å². The summed E-state index contributed by atoms with van der Waals surface area (Å²) in [5, 5.41) is 0. The number of nitrogen functional groups attached to an aromatic ring is 1. The van der Waals surface area contributed by atoms with E-state index < -0.39 is 15.8 Å². The molecule has 2 rings (SSSR count). The van der Waals surface area contributed by atoms with Gasteiger partial charge in [0.1, 0.15) is 10.7 Å². The van der Waals surface area contributed by atoms with Crippen LogP contribution in [0.25, 0.3) is 0 Å². The van der Waals surface area contributed by atoms with Crippen molar-refractivity contribution < 1.29 is 17.5 Å². The second-order valence-corrected chi connectivity index (χ2v) is 6.33. The monoisotopic (exact) mass is 288 g/mol. The SMILES string of the molecule is Nc1cc(F)ccc1S(=O)(=O)NCC1CCOCC1. The summed E-state index contributed by atoms with van der Waals surface area (Å²) in [7, 11) is -3.69. The maximum Gasteiger partial charge on any atom is 0.242 e. The van der Waals surface area contributed by atoms with Crippen LogP contribution in [0.4, 0.5) is 10.1 Å². The van der Waals surface area contributed by atoms with Gasteiger partial charge >= 0.3 is 0 Å². The Morgan fingerprint density at radius 2 is 2.05 bits per heavy atom. The van der Waals surface area contributed by atoms with Crippen molar-refractivity contribution in [1.82, 2.24) is 4.72 Å². The zero-order chi connectivity index (χ0) is 13.9. The predicted molar refractivity (Wildman–Crippen MR) is 69.5 cm³/mol. The first-order valence-electron chi connectivity index (χ1n) is 6.11. The molecule has 1 heterocycles. The molecular formula is C12H17FN2O3S. The molecule has 1 aliphatic rings. The minimum Gasteiger partial charge on any atom is -0.398 e. The van der Waals surface area contributed by atoms with Gasteiger partial charge in [0.2, 0.25) is 10.0 Å². The van der Waals surface area contributed by atoms with Crippen LogP contribution in [0, 0.1) is 11.7 Å². The van der Waals surface area contributed by atoms with Gasteiger partial charge in [-0.2, -0.15) is 0 Å². The number of anilines is 1. The molecule has 0 saturated carbocycles. The second-order valence-electron chi connectivity index (χ2n) is 4.59. The summed E-state index contributed by atoms with van der Waals surface area (Å²) in [6, 6.07) is 3.26. The van der Waals surface area contributed by atoms with Crippen molar-refractivity contribution in [2.75, 3.05) is 25.5 Å². The summed E-state index contributed by atoms with van der Waals surface area (Å²) in [6.07, 6.45) is 1.67. The maximum atomic E-state index is 12.9. The molecule has 0 radical (unpaired) electrons. The summed E-state index contributed by atoms with van der Waals surface area (Å²) in [5.41, 5.74) is 5.45. The topological polar surface area (TPSA) is 81.4 Å². The highest BCUT2D eigenvalue weighted by molar-refractivity contribution is 7.89. The largest absolute Gasteiger partial charge is 0.398 e. The molecule has 5 nitrogen and oxygen atoms in total. The molecule has 0 aliphatic carbocycles. The third kappa shape index (κ3) is 3.65. The van der Waals surface area contributed by atoms with Crippen molar-refractivity contribution in [2.24, 2.45) is 5.92 Å². The molecule has 0 aromatic heterocycles. The van der Waals surface area contributed by atoms with Crippen LogP contribution in [0.15, 0.2) is 23.1 Å². The minimum atomic E-state index is -3.69. The number of rotatable bonds is 4. The summed E-state index contributed by atoms with van der Waals surface area (Å²) in [4.78, 5) is -0.0824. The number of sulfonamides is 1. The van der Waals surface area contributed by atoms with Crippen molar-refractivity contribution in [1.29, 1.82) is 0 Å². The van der Waals surface area contributed by atoms with Gasteiger partial charge in [-0.3, -0.25) is 0 Å². The number of nitrogens with one attached hydrogen (secondary N) is 1. The second kappa shape index (κ2) is 5.85. The van der Waals surface area contributed by atoms with E-state index in [1.807, 2.05) is 0 Å². The van der Waals surface area contributed by atoms with E-state index in [1.165, 1.54) is 6.07 Å². The Morgan fingerprint density at radius 1 is 1.37 bits per heavy atom. The van der Waals surface area contributed by atoms with Gasteiger partial charge in [-0.15, -0.1) is 0 Å². The fourth-order valence-electron chi connectivity index (χ4n) is 2.02. The molecule has 19 heavy (non-hydrogen) atoms. The van der Waals surface area contributed by atoms with Gasteiger partial charge in [0.15, 0.2) is 0 Å². The summed E-state index contributed by atoms with van der Waals surface area (Å²) >= 11 is 0. The van der Waals surface area contributed by atoms with E-state index >= 15 is 0 Å². The Balaban J connectivity index is 2.05. The van der Waals surface area contributed by atoms with Crippen molar-refractivity contribution in [3.63, 3.8) is 0 Å². The van der Waals surface area contributed by atoms with E-state index in [0.717, 1.165) is 25.0 Å². The molecule has 0 atom stereocenters. The normalized spacial score (nSPS) is 17.5. The minimum absolute atomic E-state index is 0.0824. The Bertz CT molecular complexity index is 542. The Morgan fingerprint density at radius 3 is 2.68 bits per heavy atom. The summed E-state index contributed by atoms with van der Waals surface area (Å²) < 4.78 is 44.8. The van der Waals surface area contributed by atoms with Gasteiger partial charge < -0.3 is 10.5 Å². The molecular weight excluding hydrogens is 271 g/mol. The highest BCUT2D eigenvalue weighted by Gasteiger charge is 2.21. The Hall–Kier alpha value is -1.18. The van der Waals surface area contributed by atoms with E-state index in [1.54, 1.807) is 0 Å². The van der Waals surface area contributed by atoms with Crippen LogP contribution >= 0.6 is 0 Å². The van der Waals surface area contributed by atoms with Crippen LogP contribution < -0.4 is 10.5 Å². The fraction of sp³-hybridized carbons (Fsp3) is 0.500. The molecule has 7 heteroatoms. The fourth-order valence-corrected chi connectivity index (χ4v) is 3.25.